The van der Waals surface area contributed by atoms with Crippen molar-refractivity contribution in [2.24, 2.45) is 7.05 Å². The number of carbonyl (C=O) groups excluding carboxylic acids is 1. The molecule has 0 aliphatic rings. The lowest BCUT2D eigenvalue weighted by atomic mass is 10.0. The van der Waals surface area contributed by atoms with Gasteiger partial charge in [-0.05, 0) is 42.8 Å². The maximum Gasteiger partial charge on any atom is 0.195 e. The van der Waals surface area contributed by atoms with Gasteiger partial charge in [-0.15, -0.1) is 0 Å². The minimum Gasteiger partial charge on any atom is -0.497 e. The third kappa shape index (κ3) is 2.31. The second-order valence-electron chi connectivity index (χ2n) is 5.23. The van der Waals surface area contributed by atoms with Crippen molar-refractivity contribution in [1.82, 2.24) is 4.57 Å². The number of carbonyl (C=O) groups is 1. The summed E-state index contributed by atoms with van der Waals surface area (Å²) in [6.07, 6.45) is 1.90. The Morgan fingerprint density at radius 3 is 2.48 bits per heavy atom. The average Bonchev–Trinajstić information content (AvgIpc) is 2.83. The predicted molar refractivity (Wildman–Crippen MR) is 84.1 cm³/mol. The van der Waals surface area contributed by atoms with E-state index in [1.54, 1.807) is 19.2 Å². The number of nitrogens with zero attached hydrogens (tertiary/aromatic N) is 1. The molecule has 0 unspecified atom stereocenters. The van der Waals surface area contributed by atoms with Crippen molar-refractivity contribution in [1.29, 1.82) is 0 Å². The maximum absolute atomic E-state index is 12.7. The summed E-state index contributed by atoms with van der Waals surface area (Å²) in [4.78, 5) is 12.7. The molecular weight excluding hydrogens is 262 g/mol. The third-order valence-corrected chi connectivity index (χ3v) is 3.74. The molecule has 0 saturated heterocycles. The Hall–Kier alpha value is -2.55. The number of fused-ring (bicyclic) bond motifs is 1. The summed E-state index contributed by atoms with van der Waals surface area (Å²) < 4.78 is 7.13. The molecule has 3 aromatic rings. The lowest BCUT2D eigenvalue weighted by molar-refractivity contribution is 0.104. The summed E-state index contributed by atoms with van der Waals surface area (Å²) in [6, 6.07) is 13.4. The molecule has 0 bridgehead atoms. The van der Waals surface area contributed by atoms with Crippen LogP contribution in [-0.2, 0) is 7.05 Å². The number of aryl methyl sites for hydroxylation is 2. The molecule has 2 aromatic carbocycles. The highest BCUT2D eigenvalue weighted by atomic mass is 16.5. The first-order valence-electron chi connectivity index (χ1n) is 6.84. The van der Waals surface area contributed by atoms with E-state index in [0.717, 1.165) is 22.2 Å². The van der Waals surface area contributed by atoms with Crippen molar-refractivity contribution in [3.63, 3.8) is 0 Å². The van der Waals surface area contributed by atoms with E-state index in [-0.39, 0.29) is 5.78 Å². The third-order valence-electron chi connectivity index (χ3n) is 3.74. The molecule has 0 amide bonds. The van der Waals surface area contributed by atoms with Crippen LogP contribution in [0, 0.1) is 6.92 Å². The monoisotopic (exact) mass is 279 g/mol. The maximum atomic E-state index is 12.7. The van der Waals surface area contributed by atoms with Gasteiger partial charge in [-0.2, -0.15) is 0 Å². The van der Waals surface area contributed by atoms with E-state index < -0.39 is 0 Å². The summed E-state index contributed by atoms with van der Waals surface area (Å²) in [5.74, 6) is 0.784. The largest absolute Gasteiger partial charge is 0.497 e. The van der Waals surface area contributed by atoms with Crippen molar-refractivity contribution in [3.05, 3.63) is 65.4 Å². The van der Waals surface area contributed by atoms with Crippen LogP contribution in [0.2, 0.25) is 0 Å². The minimum absolute atomic E-state index is 0.0344. The van der Waals surface area contributed by atoms with Gasteiger partial charge in [-0.25, -0.2) is 0 Å². The van der Waals surface area contributed by atoms with Crippen molar-refractivity contribution in [3.8, 4) is 5.75 Å². The van der Waals surface area contributed by atoms with E-state index in [2.05, 4.69) is 13.0 Å². The highest BCUT2D eigenvalue weighted by Gasteiger charge is 2.15. The van der Waals surface area contributed by atoms with Crippen molar-refractivity contribution in [2.75, 3.05) is 7.11 Å². The van der Waals surface area contributed by atoms with Gasteiger partial charge in [-0.1, -0.05) is 12.1 Å². The summed E-state index contributed by atoms with van der Waals surface area (Å²) in [6.45, 7) is 2.05. The molecule has 0 N–H and O–H groups in total. The normalized spacial score (nSPS) is 10.8. The number of hydrogen-bond donors (Lipinski definition) is 0. The highest BCUT2D eigenvalue weighted by Crippen LogP contribution is 2.25. The molecule has 21 heavy (non-hydrogen) atoms. The molecule has 1 heterocycles. The van der Waals surface area contributed by atoms with Gasteiger partial charge in [0.25, 0.3) is 0 Å². The summed E-state index contributed by atoms with van der Waals surface area (Å²) >= 11 is 0. The molecule has 0 spiro atoms. The Kier molecular flexibility index (Phi) is 3.26. The van der Waals surface area contributed by atoms with E-state index in [1.807, 2.05) is 42.1 Å². The fourth-order valence-electron chi connectivity index (χ4n) is 2.57. The molecule has 3 heteroatoms. The van der Waals surface area contributed by atoms with Gasteiger partial charge in [0.2, 0.25) is 0 Å². The van der Waals surface area contributed by atoms with Crippen LogP contribution in [0.5, 0.6) is 5.75 Å². The van der Waals surface area contributed by atoms with Crippen LogP contribution in [-0.4, -0.2) is 17.5 Å². The minimum atomic E-state index is 0.0344. The number of ketones is 1. The molecule has 0 saturated carbocycles. The quantitative estimate of drug-likeness (QED) is 0.684. The zero-order valence-corrected chi connectivity index (χ0v) is 12.4. The molecule has 0 aliphatic heterocycles. The first-order chi connectivity index (χ1) is 10.1. The fraction of sp³-hybridized carbons (Fsp3) is 0.167. The van der Waals surface area contributed by atoms with E-state index in [9.17, 15) is 4.79 Å². The smallest absolute Gasteiger partial charge is 0.195 e. The zero-order valence-electron chi connectivity index (χ0n) is 12.4. The van der Waals surface area contributed by atoms with Crippen LogP contribution in [0.15, 0.2) is 48.7 Å². The van der Waals surface area contributed by atoms with Crippen molar-refractivity contribution >= 4 is 16.7 Å². The number of rotatable bonds is 3. The van der Waals surface area contributed by atoms with Crippen LogP contribution in [0.3, 0.4) is 0 Å². The Labute approximate surface area is 123 Å². The first-order valence-corrected chi connectivity index (χ1v) is 6.84. The van der Waals surface area contributed by atoms with Crippen LogP contribution >= 0.6 is 0 Å². The molecule has 106 valence electrons. The lowest BCUT2D eigenvalue weighted by Gasteiger charge is -2.02. The Morgan fingerprint density at radius 1 is 1.10 bits per heavy atom. The van der Waals surface area contributed by atoms with Gasteiger partial charge in [0.1, 0.15) is 5.75 Å². The number of benzene rings is 2. The summed E-state index contributed by atoms with van der Waals surface area (Å²) in [7, 11) is 3.58. The second-order valence-corrected chi connectivity index (χ2v) is 5.23. The summed E-state index contributed by atoms with van der Waals surface area (Å²) in [5, 5.41) is 0.990. The number of ether oxygens (including phenoxy) is 1. The standard InChI is InChI=1S/C18H17NO2/c1-12-4-9-15-16(11-19(2)17(15)10-12)18(20)13-5-7-14(21-3)8-6-13/h4-11H,1-3H3. The number of methoxy groups -OCH3 is 1. The zero-order chi connectivity index (χ0) is 15.0. The van der Waals surface area contributed by atoms with Gasteiger partial charge in [0.05, 0.1) is 7.11 Å². The molecule has 0 atom stereocenters. The molecule has 3 rings (SSSR count). The van der Waals surface area contributed by atoms with Gasteiger partial charge in [-0.3, -0.25) is 4.79 Å². The molecule has 0 fully saturated rings. The molecule has 0 radical (unpaired) electrons. The first kappa shape index (κ1) is 13.4. The van der Waals surface area contributed by atoms with Crippen molar-refractivity contribution < 1.29 is 9.53 Å². The van der Waals surface area contributed by atoms with Crippen LogP contribution < -0.4 is 4.74 Å². The van der Waals surface area contributed by atoms with Gasteiger partial charge in [0, 0.05) is 35.3 Å². The van der Waals surface area contributed by atoms with E-state index in [1.165, 1.54) is 5.56 Å². The second kappa shape index (κ2) is 5.09. The van der Waals surface area contributed by atoms with Crippen LogP contribution in [0.4, 0.5) is 0 Å². The Balaban J connectivity index is 2.08. The van der Waals surface area contributed by atoms with Crippen LogP contribution in [0.1, 0.15) is 21.5 Å². The lowest BCUT2D eigenvalue weighted by Crippen LogP contribution is -2.00. The van der Waals surface area contributed by atoms with Crippen LogP contribution in [0.25, 0.3) is 10.9 Å². The van der Waals surface area contributed by atoms with Gasteiger partial charge < -0.3 is 9.30 Å². The highest BCUT2D eigenvalue weighted by molar-refractivity contribution is 6.16. The SMILES string of the molecule is COc1ccc(C(=O)c2cn(C)c3cc(C)ccc23)cc1. The molecule has 1 aromatic heterocycles. The van der Waals surface area contributed by atoms with E-state index in [4.69, 9.17) is 4.74 Å². The average molecular weight is 279 g/mol. The fourth-order valence-corrected chi connectivity index (χ4v) is 2.57. The van der Waals surface area contributed by atoms with E-state index in [0.29, 0.717) is 5.56 Å². The topological polar surface area (TPSA) is 31.2 Å². The number of aromatic nitrogens is 1. The van der Waals surface area contributed by atoms with Gasteiger partial charge in [0.15, 0.2) is 5.78 Å². The van der Waals surface area contributed by atoms with E-state index >= 15 is 0 Å². The predicted octanol–water partition coefficient (Wildman–Crippen LogP) is 3.73. The molecule has 0 aliphatic carbocycles. The number of hydrogen-bond acceptors (Lipinski definition) is 2. The Morgan fingerprint density at radius 2 is 1.81 bits per heavy atom. The molecule has 3 nitrogen and oxygen atoms in total. The van der Waals surface area contributed by atoms with Gasteiger partial charge >= 0.3 is 0 Å². The van der Waals surface area contributed by atoms with Crippen molar-refractivity contribution in [2.45, 2.75) is 6.92 Å². The molecular formula is C18H17NO2. The Bertz CT molecular complexity index is 813. The summed E-state index contributed by atoms with van der Waals surface area (Å²) in [5.41, 5.74) is 3.67.